The van der Waals surface area contributed by atoms with Gasteiger partial charge in [-0.25, -0.2) is 0 Å². The molecule has 1 fully saturated rings. The number of carbonyl (C=O) groups is 2. The van der Waals surface area contributed by atoms with Gasteiger partial charge in [-0.3, -0.25) is 19.8 Å². The van der Waals surface area contributed by atoms with Crippen molar-refractivity contribution in [2.45, 2.75) is 6.92 Å². The molecule has 0 spiro atoms. The average molecular weight is 281 g/mol. The van der Waals surface area contributed by atoms with Crippen molar-refractivity contribution >= 4 is 17.6 Å². The maximum atomic E-state index is 12.0. The molecule has 0 aliphatic carbocycles. The van der Waals surface area contributed by atoms with E-state index in [-0.39, 0.29) is 5.82 Å². The van der Waals surface area contributed by atoms with Crippen LogP contribution in [0.15, 0.2) is 10.6 Å². The molecule has 1 aromatic rings. The summed E-state index contributed by atoms with van der Waals surface area (Å²) in [6.45, 7) is 5.65. The lowest BCUT2D eigenvalue weighted by atomic mass is 10.3. The highest BCUT2D eigenvalue weighted by molar-refractivity contribution is 6.39. The van der Waals surface area contributed by atoms with Crippen molar-refractivity contribution in [3.05, 3.63) is 11.8 Å². The molecule has 0 radical (unpaired) electrons. The highest BCUT2D eigenvalue weighted by atomic mass is 16.5. The Bertz CT molecular complexity index is 479. The Kier molecular flexibility index (Phi) is 4.70. The molecule has 2 rings (SSSR count). The van der Waals surface area contributed by atoms with Crippen molar-refractivity contribution in [2.24, 2.45) is 5.73 Å². The van der Waals surface area contributed by atoms with Gasteiger partial charge in [0.2, 0.25) is 0 Å². The zero-order valence-corrected chi connectivity index (χ0v) is 11.5. The molecule has 1 aliphatic rings. The van der Waals surface area contributed by atoms with Gasteiger partial charge in [-0.1, -0.05) is 5.16 Å². The van der Waals surface area contributed by atoms with Crippen LogP contribution < -0.4 is 11.1 Å². The smallest absolute Gasteiger partial charge is 0.315 e. The van der Waals surface area contributed by atoms with Gasteiger partial charge in [0.25, 0.3) is 0 Å². The fourth-order valence-electron chi connectivity index (χ4n) is 2.10. The van der Waals surface area contributed by atoms with Gasteiger partial charge in [-0.15, -0.1) is 0 Å². The van der Waals surface area contributed by atoms with Crippen LogP contribution in [0.1, 0.15) is 5.76 Å². The van der Waals surface area contributed by atoms with E-state index in [4.69, 9.17) is 10.3 Å². The first-order chi connectivity index (χ1) is 9.60. The van der Waals surface area contributed by atoms with Crippen LogP contribution in [0.25, 0.3) is 0 Å². The Labute approximate surface area is 116 Å². The van der Waals surface area contributed by atoms with Gasteiger partial charge in [0.05, 0.1) is 0 Å². The first-order valence-electron chi connectivity index (χ1n) is 6.56. The predicted molar refractivity (Wildman–Crippen MR) is 71.9 cm³/mol. The monoisotopic (exact) mass is 281 g/mol. The number of anilines is 1. The Morgan fingerprint density at radius 3 is 2.65 bits per heavy atom. The molecular formula is C12H19N5O3. The van der Waals surface area contributed by atoms with Crippen molar-refractivity contribution in [1.29, 1.82) is 0 Å². The maximum Gasteiger partial charge on any atom is 0.315 e. The number of nitrogens with zero attached hydrogens (tertiary/aromatic N) is 3. The SMILES string of the molecule is Cc1cc(NC(=O)C(=O)N2CCN(CCN)CC2)no1. The number of hydrogen-bond donors (Lipinski definition) is 2. The third-order valence-corrected chi connectivity index (χ3v) is 3.17. The lowest BCUT2D eigenvalue weighted by Gasteiger charge is -2.33. The van der Waals surface area contributed by atoms with Gasteiger partial charge in [-0.2, -0.15) is 0 Å². The van der Waals surface area contributed by atoms with E-state index in [2.05, 4.69) is 15.4 Å². The fraction of sp³-hybridized carbons (Fsp3) is 0.583. The minimum Gasteiger partial charge on any atom is -0.360 e. The van der Waals surface area contributed by atoms with E-state index in [1.165, 1.54) is 4.90 Å². The first-order valence-corrected chi connectivity index (χ1v) is 6.56. The topological polar surface area (TPSA) is 105 Å². The summed E-state index contributed by atoms with van der Waals surface area (Å²) in [7, 11) is 0. The van der Waals surface area contributed by atoms with Crippen molar-refractivity contribution in [1.82, 2.24) is 15.0 Å². The number of carbonyl (C=O) groups excluding carboxylic acids is 2. The summed E-state index contributed by atoms with van der Waals surface area (Å²) in [5.41, 5.74) is 5.49. The second-order valence-corrected chi connectivity index (χ2v) is 4.70. The van der Waals surface area contributed by atoms with Gasteiger partial charge in [0.15, 0.2) is 5.82 Å². The zero-order valence-electron chi connectivity index (χ0n) is 11.5. The van der Waals surface area contributed by atoms with E-state index in [0.717, 1.165) is 19.6 Å². The van der Waals surface area contributed by atoms with Crippen molar-refractivity contribution in [2.75, 3.05) is 44.6 Å². The van der Waals surface area contributed by atoms with Crippen LogP contribution in [0.5, 0.6) is 0 Å². The number of amides is 2. The first kappa shape index (κ1) is 14.5. The van der Waals surface area contributed by atoms with Gasteiger partial charge in [0.1, 0.15) is 5.76 Å². The zero-order chi connectivity index (χ0) is 14.5. The number of aryl methyl sites for hydroxylation is 1. The largest absolute Gasteiger partial charge is 0.360 e. The fourth-order valence-corrected chi connectivity index (χ4v) is 2.10. The van der Waals surface area contributed by atoms with Crippen LogP contribution in [0, 0.1) is 6.92 Å². The predicted octanol–water partition coefficient (Wildman–Crippen LogP) is -0.976. The Hall–Kier alpha value is -1.93. The van der Waals surface area contributed by atoms with Gasteiger partial charge < -0.3 is 15.2 Å². The van der Waals surface area contributed by atoms with Gasteiger partial charge >= 0.3 is 11.8 Å². The molecule has 0 saturated carbocycles. The summed E-state index contributed by atoms with van der Waals surface area (Å²) in [4.78, 5) is 27.5. The summed E-state index contributed by atoms with van der Waals surface area (Å²) in [6.07, 6.45) is 0. The standard InChI is InChI=1S/C12H19N5O3/c1-9-8-10(15-20-9)14-11(18)12(19)17-6-4-16(3-2-13)5-7-17/h8H,2-7,13H2,1H3,(H,14,15,18). The van der Waals surface area contributed by atoms with Gasteiger partial charge in [-0.05, 0) is 6.92 Å². The highest BCUT2D eigenvalue weighted by Gasteiger charge is 2.26. The molecule has 2 amide bonds. The van der Waals surface area contributed by atoms with Crippen LogP contribution in [-0.4, -0.2) is 66.0 Å². The van der Waals surface area contributed by atoms with E-state index >= 15 is 0 Å². The second-order valence-electron chi connectivity index (χ2n) is 4.70. The number of rotatable bonds is 3. The maximum absolute atomic E-state index is 12.0. The highest BCUT2D eigenvalue weighted by Crippen LogP contribution is 2.08. The van der Waals surface area contributed by atoms with E-state index in [0.29, 0.717) is 25.4 Å². The molecule has 0 unspecified atom stereocenters. The third kappa shape index (κ3) is 3.55. The molecule has 110 valence electrons. The van der Waals surface area contributed by atoms with Crippen LogP contribution in [-0.2, 0) is 9.59 Å². The lowest BCUT2D eigenvalue weighted by molar-refractivity contribution is -0.144. The Balaban J connectivity index is 1.84. The summed E-state index contributed by atoms with van der Waals surface area (Å²) in [6, 6.07) is 1.56. The molecular weight excluding hydrogens is 262 g/mol. The third-order valence-electron chi connectivity index (χ3n) is 3.17. The van der Waals surface area contributed by atoms with Crippen molar-refractivity contribution < 1.29 is 14.1 Å². The molecule has 3 N–H and O–H groups in total. The second kappa shape index (κ2) is 6.49. The van der Waals surface area contributed by atoms with Crippen LogP contribution >= 0.6 is 0 Å². The number of nitrogens with one attached hydrogen (secondary N) is 1. The molecule has 0 bridgehead atoms. The van der Waals surface area contributed by atoms with Gasteiger partial charge in [0, 0.05) is 45.3 Å². The van der Waals surface area contributed by atoms with Crippen LogP contribution in [0.2, 0.25) is 0 Å². The molecule has 1 saturated heterocycles. The normalized spacial score (nSPS) is 16.2. The molecule has 8 heteroatoms. The van der Waals surface area contributed by atoms with E-state index < -0.39 is 11.8 Å². The van der Waals surface area contributed by atoms with E-state index in [1.54, 1.807) is 13.0 Å². The minimum absolute atomic E-state index is 0.252. The summed E-state index contributed by atoms with van der Waals surface area (Å²) < 4.78 is 4.82. The van der Waals surface area contributed by atoms with Crippen molar-refractivity contribution in [3.63, 3.8) is 0 Å². The van der Waals surface area contributed by atoms with Crippen LogP contribution in [0.3, 0.4) is 0 Å². The molecule has 1 aliphatic heterocycles. The minimum atomic E-state index is -0.689. The summed E-state index contributed by atoms with van der Waals surface area (Å²) >= 11 is 0. The summed E-state index contributed by atoms with van der Waals surface area (Å²) in [5.74, 6) is -0.408. The van der Waals surface area contributed by atoms with Crippen molar-refractivity contribution in [3.8, 4) is 0 Å². The number of aromatic nitrogens is 1. The molecule has 0 atom stereocenters. The molecule has 2 heterocycles. The average Bonchev–Trinajstić information content (AvgIpc) is 2.84. The lowest BCUT2D eigenvalue weighted by Crippen LogP contribution is -2.52. The molecule has 20 heavy (non-hydrogen) atoms. The Morgan fingerprint density at radius 2 is 2.10 bits per heavy atom. The number of nitrogens with two attached hydrogens (primary N) is 1. The molecule has 1 aromatic heterocycles. The Morgan fingerprint density at radius 1 is 1.40 bits per heavy atom. The molecule has 0 aromatic carbocycles. The summed E-state index contributed by atoms with van der Waals surface area (Å²) in [5, 5.41) is 6.05. The quantitative estimate of drug-likeness (QED) is 0.690. The van der Waals surface area contributed by atoms with Crippen LogP contribution in [0.4, 0.5) is 5.82 Å². The van der Waals surface area contributed by atoms with E-state index in [1.807, 2.05) is 0 Å². The number of hydrogen-bond acceptors (Lipinski definition) is 6. The number of piperazine rings is 1. The molecule has 8 nitrogen and oxygen atoms in total. The van der Waals surface area contributed by atoms with E-state index in [9.17, 15) is 9.59 Å².